The number of aromatic nitrogens is 2. The second kappa shape index (κ2) is 5.39. The summed E-state index contributed by atoms with van der Waals surface area (Å²) in [7, 11) is -3.28. The van der Waals surface area contributed by atoms with Gasteiger partial charge < -0.3 is 5.32 Å². The number of nitrogens with zero attached hydrogens (tertiary/aromatic N) is 3. The smallest absolute Gasteiger partial charge is 0.333 e. The lowest BCUT2D eigenvalue weighted by atomic mass is 10.2. The van der Waals surface area contributed by atoms with Gasteiger partial charge in [0.1, 0.15) is 5.69 Å². The van der Waals surface area contributed by atoms with E-state index in [1.165, 1.54) is 4.68 Å². The van der Waals surface area contributed by atoms with E-state index in [0.717, 1.165) is 6.26 Å². The highest BCUT2D eigenvalue weighted by Crippen LogP contribution is 2.29. The molecule has 0 aliphatic heterocycles. The maximum absolute atomic E-state index is 11.7. The molecule has 0 aromatic carbocycles. The first-order valence-electron chi connectivity index (χ1n) is 6.16. The molecule has 1 aromatic rings. The third-order valence-corrected chi connectivity index (χ3v) is 5.42. The number of anilines is 1. The number of hydrogen-bond acceptors (Lipinski definition) is 6. The summed E-state index contributed by atoms with van der Waals surface area (Å²) in [6.07, 6.45) is 1.14. The van der Waals surface area contributed by atoms with Gasteiger partial charge in [0.25, 0.3) is 0 Å². The van der Waals surface area contributed by atoms with Crippen LogP contribution >= 0.6 is 0 Å². The largest absolute Gasteiger partial charge is 0.363 e. The average Bonchev–Trinajstić information content (AvgIpc) is 2.61. The van der Waals surface area contributed by atoms with Crippen LogP contribution in [-0.4, -0.2) is 40.7 Å². The highest BCUT2D eigenvalue weighted by Gasteiger charge is 2.32. The van der Waals surface area contributed by atoms with Gasteiger partial charge in [0.2, 0.25) is 5.82 Å². The molecule has 1 aromatic heterocycles. The van der Waals surface area contributed by atoms with Crippen molar-refractivity contribution < 1.29 is 13.3 Å². The Bertz CT molecular complexity index is 619. The van der Waals surface area contributed by atoms with Crippen LogP contribution in [0.15, 0.2) is 0 Å². The number of aryl methyl sites for hydroxylation is 2. The molecule has 0 aliphatic rings. The van der Waals surface area contributed by atoms with Crippen molar-refractivity contribution in [3.05, 3.63) is 15.8 Å². The summed E-state index contributed by atoms with van der Waals surface area (Å²) in [4.78, 5) is 10.6. The van der Waals surface area contributed by atoms with E-state index >= 15 is 0 Å². The van der Waals surface area contributed by atoms with Gasteiger partial charge in [-0.1, -0.05) is 0 Å². The standard InChI is InChI=1S/C11H20N4O4S/c1-6-14-10(9(15(16)17)8(2)13-14)12-7-11(3,4)20(5,18)19/h12H,6-7H2,1-5H3. The summed E-state index contributed by atoms with van der Waals surface area (Å²) in [6, 6.07) is 0. The van der Waals surface area contributed by atoms with E-state index in [9.17, 15) is 18.5 Å². The molecule has 8 nitrogen and oxygen atoms in total. The second-order valence-corrected chi connectivity index (χ2v) is 7.89. The zero-order chi connectivity index (χ0) is 15.7. The second-order valence-electron chi connectivity index (χ2n) is 5.24. The number of rotatable bonds is 6. The van der Waals surface area contributed by atoms with Crippen molar-refractivity contribution in [3.63, 3.8) is 0 Å². The van der Waals surface area contributed by atoms with Gasteiger partial charge in [-0.3, -0.25) is 10.1 Å². The molecule has 0 saturated heterocycles. The quantitative estimate of drug-likeness (QED) is 0.628. The monoisotopic (exact) mass is 304 g/mol. The molecule has 0 radical (unpaired) electrons. The Morgan fingerprint density at radius 1 is 1.45 bits per heavy atom. The fourth-order valence-corrected chi connectivity index (χ4v) is 1.96. The van der Waals surface area contributed by atoms with Gasteiger partial charge in [-0.05, 0) is 27.7 Å². The van der Waals surface area contributed by atoms with Gasteiger partial charge in [0, 0.05) is 19.3 Å². The zero-order valence-electron chi connectivity index (χ0n) is 12.3. The lowest BCUT2D eigenvalue weighted by Crippen LogP contribution is -2.38. The Balaban J connectivity index is 3.13. The Labute approximate surface area is 118 Å². The molecule has 1 rings (SSSR count). The molecule has 0 amide bonds. The Morgan fingerprint density at radius 3 is 2.40 bits per heavy atom. The van der Waals surface area contributed by atoms with Crippen LogP contribution in [-0.2, 0) is 16.4 Å². The van der Waals surface area contributed by atoms with Gasteiger partial charge in [-0.15, -0.1) is 0 Å². The van der Waals surface area contributed by atoms with Crippen molar-refractivity contribution in [1.82, 2.24) is 9.78 Å². The number of sulfone groups is 1. The van der Waals surface area contributed by atoms with Crippen LogP contribution in [0.4, 0.5) is 11.5 Å². The summed E-state index contributed by atoms with van der Waals surface area (Å²) in [5.74, 6) is 0.242. The van der Waals surface area contributed by atoms with Gasteiger partial charge in [0.05, 0.1) is 9.67 Å². The fourth-order valence-electron chi connectivity index (χ4n) is 1.62. The summed E-state index contributed by atoms with van der Waals surface area (Å²) in [6.45, 7) is 7.02. The average molecular weight is 304 g/mol. The minimum Gasteiger partial charge on any atom is -0.363 e. The molecule has 114 valence electrons. The summed E-state index contributed by atoms with van der Waals surface area (Å²) < 4.78 is 23.7. The first-order valence-corrected chi connectivity index (χ1v) is 8.05. The molecule has 0 unspecified atom stereocenters. The Hall–Kier alpha value is -1.64. The lowest BCUT2D eigenvalue weighted by molar-refractivity contribution is -0.384. The van der Waals surface area contributed by atoms with E-state index in [1.54, 1.807) is 20.8 Å². The van der Waals surface area contributed by atoms with Crippen LogP contribution in [0.1, 0.15) is 26.5 Å². The molecular formula is C11H20N4O4S. The maximum Gasteiger partial charge on any atom is 0.333 e. The molecule has 0 aliphatic carbocycles. The van der Waals surface area contributed by atoms with Gasteiger partial charge in [-0.25, -0.2) is 13.1 Å². The molecule has 1 heterocycles. The van der Waals surface area contributed by atoms with Crippen LogP contribution in [0, 0.1) is 17.0 Å². The summed E-state index contributed by atoms with van der Waals surface area (Å²) >= 11 is 0. The van der Waals surface area contributed by atoms with Crippen LogP contribution in [0.2, 0.25) is 0 Å². The molecule has 0 saturated carbocycles. The van der Waals surface area contributed by atoms with E-state index in [-0.39, 0.29) is 18.1 Å². The van der Waals surface area contributed by atoms with E-state index < -0.39 is 19.5 Å². The van der Waals surface area contributed by atoms with Crippen molar-refractivity contribution in [2.45, 2.75) is 39.0 Å². The predicted molar refractivity (Wildman–Crippen MR) is 76.7 cm³/mol. The minimum atomic E-state index is -3.28. The first kappa shape index (κ1) is 16.4. The van der Waals surface area contributed by atoms with Crippen molar-refractivity contribution in [2.24, 2.45) is 0 Å². The fraction of sp³-hybridized carbons (Fsp3) is 0.727. The Kier molecular flexibility index (Phi) is 4.42. The van der Waals surface area contributed by atoms with Crippen LogP contribution in [0.25, 0.3) is 0 Å². The molecule has 20 heavy (non-hydrogen) atoms. The summed E-state index contributed by atoms with van der Waals surface area (Å²) in [5.41, 5.74) is 0.188. The predicted octanol–water partition coefficient (Wildman–Crippen LogP) is 1.35. The van der Waals surface area contributed by atoms with Gasteiger partial charge in [0.15, 0.2) is 9.84 Å². The zero-order valence-corrected chi connectivity index (χ0v) is 13.1. The molecular weight excluding hydrogens is 284 g/mol. The Morgan fingerprint density at radius 2 is 2.00 bits per heavy atom. The molecule has 0 bridgehead atoms. The highest BCUT2D eigenvalue weighted by molar-refractivity contribution is 7.92. The third kappa shape index (κ3) is 3.09. The van der Waals surface area contributed by atoms with E-state index in [4.69, 9.17) is 0 Å². The van der Waals surface area contributed by atoms with Crippen LogP contribution in [0.3, 0.4) is 0 Å². The van der Waals surface area contributed by atoms with E-state index in [2.05, 4.69) is 10.4 Å². The number of hydrogen-bond donors (Lipinski definition) is 1. The number of nitrogens with one attached hydrogen (secondary N) is 1. The maximum atomic E-state index is 11.7. The van der Waals surface area contributed by atoms with Crippen molar-refractivity contribution in [3.8, 4) is 0 Å². The topological polar surface area (TPSA) is 107 Å². The minimum absolute atomic E-state index is 0.0673. The van der Waals surface area contributed by atoms with Crippen molar-refractivity contribution in [1.29, 1.82) is 0 Å². The van der Waals surface area contributed by atoms with E-state index in [0.29, 0.717) is 12.2 Å². The third-order valence-electron chi connectivity index (χ3n) is 3.26. The normalized spacial score (nSPS) is 12.4. The molecule has 0 atom stereocenters. The molecule has 0 fully saturated rings. The SMILES string of the molecule is CCn1nc(C)c([N+](=O)[O-])c1NCC(C)(C)S(C)(=O)=O. The first-order chi connectivity index (χ1) is 9.01. The van der Waals surface area contributed by atoms with E-state index in [1.807, 2.05) is 6.92 Å². The summed E-state index contributed by atoms with van der Waals surface area (Å²) in [5, 5.41) is 18.0. The van der Waals surface area contributed by atoms with Gasteiger partial charge >= 0.3 is 5.69 Å². The van der Waals surface area contributed by atoms with Gasteiger partial charge in [-0.2, -0.15) is 5.10 Å². The highest BCUT2D eigenvalue weighted by atomic mass is 32.2. The molecule has 1 N–H and O–H groups in total. The molecule has 0 spiro atoms. The lowest BCUT2D eigenvalue weighted by Gasteiger charge is -2.23. The van der Waals surface area contributed by atoms with Crippen molar-refractivity contribution in [2.75, 3.05) is 18.1 Å². The number of nitro groups is 1. The molecule has 9 heteroatoms. The van der Waals surface area contributed by atoms with Crippen molar-refractivity contribution >= 4 is 21.3 Å². The van der Waals surface area contributed by atoms with Crippen LogP contribution in [0.5, 0.6) is 0 Å². The van der Waals surface area contributed by atoms with Crippen LogP contribution < -0.4 is 5.32 Å².